The zero-order chi connectivity index (χ0) is 13.4. The molecule has 0 aliphatic carbocycles. The molecule has 3 N–H and O–H groups in total. The Balaban J connectivity index is 2.29. The maximum absolute atomic E-state index is 11.6. The molecular formula is C13H19ClN2OS. The first kappa shape index (κ1) is 15.3. The summed E-state index contributed by atoms with van der Waals surface area (Å²) in [6.45, 7) is 2.65. The molecule has 1 aromatic rings. The van der Waals surface area contributed by atoms with Gasteiger partial charge in [0.25, 0.3) is 0 Å². The molecule has 100 valence electrons. The Hall–Kier alpha value is -0.710. The van der Waals surface area contributed by atoms with Gasteiger partial charge in [-0.25, -0.2) is 0 Å². The molecule has 0 unspecified atom stereocenters. The Bertz CT molecular complexity index is 399. The number of hydrogen-bond acceptors (Lipinski definition) is 3. The van der Waals surface area contributed by atoms with Crippen LogP contribution < -0.4 is 11.1 Å². The topological polar surface area (TPSA) is 55.1 Å². The molecule has 1 aromatic carbocycles. The van der Waals surface area contributed by atoms with Crippen molar-refractivity contribution in [2.75, 3.05) is 23.4 Å². The number of carbonyl (C=O) groups is 1. The molecule has 0 heterocycles. The Morgan fingerprint density at radius 1 is 1.44 bits per heavy atom. The van der Waals surface area contributed by atoms with Crippen LogP contribution in [0.5, 0.6) is 0 Å². The van der Waals surface area contributed by atoms with E-state index in [9.17, 15) is 4.79 Å². The summed E-state index contributed by atoms with van der Waals surface area (Å²) in [4.78, 5) is 11.6. The van der Waals surface area contributed by atoms with Crippen molar-refractivity contribution in [2.24, 2.45) is 5.73 Å². The summed E-state index contributed by atoms with van der Waals surface area (Å²) in [5.74, 6) is 1.45. The van der Waals surface area contributed by atoms with Crippen LogP contribution in [0.1, 0.15) is 18.4 Å². The van der Waals surface area contributed by atoms with Gasteiger partial charge in [-0.15, -0.1) is 0 Å². The number of amides is 1. The van der Waals surface area contributed by atoms with Crippen LogP contribution in [0.3, 0.4) is 0 Å². The second-order valence-corrected chi connectivity index (χ2v) is 5.57. The minimum Gasteiger partial charge on any atom is -0.330 e. The van der Waals surface area contributed by atoms with Gasteiger partial charge in [0.1, 0.15) is 0 Å². The predicted molar refractivity (Wildman–Crippen MR) is 80.4 cm³/mol. The summed E-state index contributed by atoms with van der Waals surface area (Å²) in [7, 11) is 0. The minimum atomic E-state index is 0.00710. The molecule has 18 heavy (non-hydrogen) atoms. The van der Waals surface area contributed by atoms with E-state index in [2.05, 4.69) is 5.32 Å². The van der Waals surface area contributed by atoms with E-state index in [4.69, 9.17) is 17.3 Å². The van der Waals surface area contributed by atoms with Crippen LogP contribution in [0.4, 0.5) is 5.69 Å². The van der Waals surface area contributed by atoms with E-state index in [1.54, 1.807) is 17.8 Å². The fourth-order valence-corrected chi connectivity index (χ4v) is 2.37. The van der Waals surface area contributed by atoms with Crippen LogP contribution in [0.25, 0.3) is 0 Å². The van der Waals surface area contributed by atoms with Crippen LogP contribution in [0, 0.1) is 6.92 Å². The summed E-state index contributed by atoms with van der Waals surface area (Å²) in [5, 5.41) is 3.50. The quantitative estimate of drug-likeness (QED) is 0.758. The van der Waals surface area contributed by atoms with E-state index in [1.807, 2.05) is 19.1 Å². The van der Waals surface area contributed by atoms with Gasteiger partial charge in [-0.1, -0.05) is 17.7 Å². The Kier molecular flexibility index (Phi) is 7.16. The Labute approximate surface area is 117 Å². The first-order chi connectivity index (χ1) is 8.63. The summed E-state index contributed by atoms with van der Waals surface area (Å²) in [6.07, 6.45) is 2.08. The van der Waals surface area contributed by atoms with Gasteiger partial charge in [-0.05, 0) is 49.8 Å². The standard InChI is InChI=1S/C13H19ClN2OS/c1-10-4-5-11(8-12(10)14)16-13(17)9-18-7-3-2-6-15/h4-5,8H,2-3,6-7,9,15H2,1H3,(H,16,17). The molecule has 0 fully saturated rings. The smallest absolute Gasteiger partial charge is 0.234 e. The van der Waals surface area contributed by atoms with E-state index < -0.39 is 0 Å². The number of rotatable bonds is 7. The minimum absolute atomic E-state index is 0.00710. The third-order valence-corrected chi connectivity index (χ3v) is 3.88. The molecule has 0 atom stereocenters. The lowest BCUT2D eigenvalue weighted by atomic mass is 10.2. The van der Waals surface area contributed by atoms with Gasteiger partial charge in [0.15, 0.2) is 0 Å². The zero-order valence-electron chi connectivity index (χ0n) is 10.5. The number of thioether (sulfide) groups is 1. The van der Waals surface area contributed by atoms with E-state index in [0.717, 1.165) is 29.8 Å². The van der Waals surface area contributed by atoms with Crippen LogP contribution >= 0.6 is 23.4 Å². The van der Waals surface area contributed by atoms with E-state index in [-0.39, 0.29) is 5.91 Å². The van der Waals surface area contributed by atoms with Gasteiger partial charge < -0.3 is 11.1 Å². The lowest BCUT2D eigenvalue weighted by Gasteiger charge is -2.06. The molecule has 0 aromatic heterocycles. The first-order valence-electron chi connectivity index (χ1n) is 5.97. The number of anilines is 1. The van der Waals surface area contributed by atoms with Gasteiger partial charge in [-0.2, -0.15) is 11.8 Å². The number of carbonyl (C=O) groups excluding carboxylic acids is 1. The van der Waals surface area contributed by atoms with Crippen molar-refractivity contribution >= 4 is 35.0 Å². The average molecular weight is 287 g/mol. The summed E-state index contributed by atoms with van der Waals surface area (Å²) in [6, 6.07) is 5.53. The normalized spacial score (nSPS) is 10.4. The zero-order valence-corrected chi connectivity index (χ0v) is 12.1. The highest BCUT2D eigenvalue weighted by atomic mass is 35.5. The number of nitrogens with one attached hydrogen (secondary N) is 1. The largest absolute Gasteiger partial charge is 0.330 e. The number of benzene rings is 1. The van der Waals surface area contributed by atoms with Crippen LogP contribution in [-0.4, -0.2) is 24.0 Å². The number of nitrogens with two attached hydrogens (primary N) is 1. The van der Waals surface area contributed by atoms with Crippen molar-refractivity contribution in [3.63, 3.8) is 0 Å². The fraction of sp³-hybridized carbons (Fsp3) is 0.462. The van der Waals surface area contributed by atoms with Crippen molar-refractivity contribution in [1.29, 1.82) is 0 Å². The van der Waals surface area contributed by atoms with Crippen molar-refractivity contribution in [3.05, 3.63) is 28.8 Å². The van der Waals surface area contributed by atoms with Crippen molar-refractivity contribution < 1.29 is 4.79 Å². The second kappa shape index (κ2) is 8.40. The molecular weight excluding hydrogens is 268 g/mol. The molecule has 5 heteroatoms. The van der Waals surface area contributed by atoms with E-state index in [0.29, 0.717) is 17.3 Å². The summed E-state index contributed by atoms with van der Waals surface area (Å²) < 4.78 is 0. The number of aryl methyl sites for hydroxylation is 1. The first-order valence-corrected chi connectivity index (χ1v) is 7.50. The number of unbranched alkanes of at least 4 members (excludes halogenated alkanes) is 1. The maximum atomic E-state index is 11.6. The molecule has 0 spiro atoms. The van der Waals surface area contributed by atoms with Gasteiger partial charge in [-0.3, -0.25) is 4.79 Å². The fourth-order valence-electron chi connectivity index (χ4n) is 1.38. The van der Waals surface area contributed by atoms with Crippen LogP contribution in [-0.2, 0) is 4.79 Å². The van der Waals surface area contributed by atoms with E-state index >= 15 is 0 Å². The van der Waals surface area contributed by atoms with Gasteiger partial charge in [0, 0.05) is 10.7 Å². The van der Waals surface area contributed by atoms with Gasteiger partial charge in [0.05, 0.1) is 5.75 Å². The third-order valence-electron chi connectivity index (χ3n) is 2.43. The molecule has 0 saturated carbocycles. The van der Waals surface area contributed by atoms with Crippen LogP contribution in [0.15, 0.2) is 18.2 Å². The molecule has 1 amide bonds. The Morgan fingerprint density at radius 3 is 2.89 bits per heavy atom. The molecule has 0 aliphatic rings. The van der Waals surface area contributed by atoms with Crippen molar-refractivity contribution in [3.8, 4) is 0 Å². The maximum Gasteiger partial charge on any atom is 0.234 e. The van der Waals surface area contributed by atoms with Crippen molar-refractivity contribution in [1.82, 2.24) is 0 Å². The molecule has 1 rings (SSSR count). The van der Waals surface area contributed by atoms with Gasteiger partial charge in [0.2, 0.25) is 5.91 Å². The van der Waals surface area contributed by atoms with Crippen molar-refractivity contribution in [2.45, 2.75) is 19.8 Å². The highest BCUT2D eigenvalue weighted by Gasteiger charge is 2.04. The average Bonchev–Trinajstić information content (AvgIpc) is 2.34. The molecule has 0 bridgehead atoms. The summed E-state index contributed by atoms with van der Waals surface area (Å²) >= 11 is 7.62. The third kappa shape index (κ3) is 5.76. The number of hydrogen-bond donors (Lipinski definition) is 2. The lowest BCUT2D eigenvalue weighted by molar-refractivity contribution is -0.113. The molecule has 0 radical (unpaired) electrons. The SMILES string of the molecule is Cc1ccc(NC(=O)CSCCCCN)cc1Cl. The monoisotopic (exact) mass is 286 g/mol. The molecule has 0 saturated heterocycles. The lowest BCUT2D eigenvalue weighted by Crippen LogP contribution is -2.14. The predicted octanol–water partition coefficient (Wildman–Crippen LogP) is 3.06. The number of halogens is 1. The highest BCUT2D eigenvalue weighted by Crippen LogP contribution is 2.20. The van der Waals surface area contributed by atoms with E-state index in [1.165, 1.54) is 0 Å². The summed E-state index contributed by atoms with van der Waals surface area (Å²) in [5.41, 5.74) is 7.15. The second-order valence-electron chi connectivity index (χ2n) is 4.06. The van der Waals surface area contributed by atoms with Crippen LogP contribution in [0.2, 0.25) is 5.02 Å². The highest BCUT2D eigenvalue weighted by molar-refractivity contribution is 7.99. The molecule has 0 aliphatic heterocycles. The van der Waals surface area contributed by atoms with Gasteiger partial charge >= 0.3 is 0 Å². The Morgan fingerprint density at radius 2 is 2.22 bits per heavy atom. The molecule has 3 nitrogen and oxygen atoms in total.